The molecule has 0 spiro atoms. The summed E-state index contributed by atoms with van der Waals surface area (Å²) in [5.74, 6) is -0.999. The number of amides is 2. The van der Waals surface area contributed by atoms with Crippen LogP contribution in [0.3, 0.4) is 0 Å². The monoisotopic (exact) mass is 309 g/mol. The van der Waals surface area contributed by atoms with E-state index in [9.17, 15) is 9.59 Å². The maximum atomic E-state index is 12.5. The summed E-state index contributed by atoms with van der Waals surface area (Å²) in [6.07, 6.45) is 0. The number of benzene rings is 2. The predicted octanol–water partition coefficient (Wildman–Crippen LogP) is 2.21. The van der Waals surface area contributed by atoms with E-state index < -0.39 is 11.8 Å². The van der Waals surface area contributed by atoms with Gasteiger partial charge in [0, 0.05) is 5.69 Å². The Balaban J connectivity index is 2.12. The zero-order valence-electron chi connectivity index (χ0n) is 12.7. The standard InChI is InChI=1S/C17H15N3O3/c1-9-7-8-12(23-2)13(14(9)18)15(19)20-16(21)10-5-3-4-6-11(10)17(20)22/h3-8,19H,18H2,1-2H3. The average Bonchev–Trinajstić information content (AvgIpc) is 2.81. The zero-order valence-corrected chi connectivity index (χ0v) is 12.7. The molecule has 0 fully saturated rings. The van der Waals surface area contributed by atoms with Crippen molar-refractivity contribution in [3.63, 3.8) is 0 Å². The van der Waals surface area contributed by atoms with Gasteiger partial charge < -0.3 is 10.5 Å². The minimum Gasteiger partial charge on any atom is -0.496 e. The van der Waals surface area contributed by atoms with E-state index in [0.29, 0.717) is 11.4 Å². The van der Waals surface area contributed by atoms with E-state index in [1.165, 1.54) is 7.11 Å². The van der Waals surface area contributed by atoms with E-state index in [1.54, 1.807) is 43.3 Å². The molecule has 1 heterocycles. The van der Waals surface area contributed by atoms with Gasteiger partial charge in [-0.2, -0.15) is 0 Å². The Morgan fingerprint density at radius 2 is 1.65 bits per heavy atom. The predicted molar refractivity (Wildman–Crippen MR) is 85.9 cm³/mol. The number of hydrogen-bond donors (Lipinski definition) is 2. The molecule has 6 heteroatoms. The van der Waals surface area contributed by atoms with Crippen LogP contribution < -0.4 is 10.5 Å². The third-order valence-corrected chi connectivity index (χ3v) is 3.90. The number of carbonyl (C=O) groups excluding carboxylic acids is 2. The summed E-state index contributed by atoms with van der Waals surface area (Å²) >= 11 is 0. The Kier molecular flexibility index (Phi) is 3.37. The molecule has 2 amide bonds. The molecule has 3 rings (SSSR count). The number of amidine groups is 1. The summed E-state index contributed by atoms with van der Waals surface area (Å²) < 4.78 is 5.24. The number of imide groups is 1. The first-order valence-electron chi connectivity index (χ1n) is 6.97. The first-order valence-corrected chi connectivity index (χ1v) is 6.97. The Morgan fingerprint density at radius 1 is 1.09 bits per heavy atom. The maximum absolute atomic E-state index is 12.5. The first-order chi connectivity index (χ1) is 11.0. The van der Waals surface area contributed by atoms with E-state index in [4.69, 9.17) is 15.9 Å². The number of hydrogen-bond acceptors (Lipinski definition) is 5. The van der Waals surface area contributed by atoms with Crippen molar-refractivity contribution in [2.24, 2.45) is 0 Å². The number of carbonyl (C=O) groups is 2. The Bertz CT molecular complexity index is 823. The molecular weight excluding hydrogens is 294 g/mol. The molecule has 3 N–H and O–H groups in total. The number of nitrogens with zero attached hydrogens (tertiary/aromatic N) is 1. The van der Waals surface area contributed by atoms with Crippen LogP contribution in [-0.2, 0) is 0 Å². The second kappa shape index (κ2) is 5.24. The van der Waals surface area contributed by atoms with Crippen molar-refractivity contribution in [2.75, 3.05) is 12.8 Å². The van der Waals surface area contributed by atoms with Gasteiger partial charge in [0.15, 0.2) is 0 Å². The SMILES string of the molecule is COc1ccc(C)c(N)c1C(=N)N1C(=O)c2ccccc2C1=O. The van der Waals surface area contributed by atoms with Crippen LogP contribution in [-0.4, -0.2) is 29.7 Å². The molecule has 116 valence electrons. The van der Waals surface area contributed by atoms with Crippen molar-refractivity contribution in [3.8, 4) is 5.75 Å². The van der Waals surface area contributed by atoms with Crippen molar-refractivity contribution in [2.45, 2.75) is 6.92 Å². The van der Waals surface area contributed by atoms with Crippen LogP contribution in [0.4, 0.5) is 5.69 Å². The van der Waals surface area contributed by atoms with Crippen LogP contribution in [0, 0.1) is 12.3 Å². The largest absolute Gasteiger partial charge is 0.496 e. The minimum absolute atomic E-state index is 0.238. The molecule has 2 aromatic rings. The van der Waals surface area contributed by atoms with Gasteiger partial charge in [0.25, 0.3) is 11.8 Å². The zero-order chi connectivity index (χ0) is 16.7. The lowest BCUT2D eigenvalue weighted by atomic mass is 10.1. The van der Waals surface area contributed by atoms with Crippen LogP contribution in [0.5, 0.6) is 5.75 Å². The van der Waals surface area contributed by atoms with E-state index in [0.717, 1.165) is 10.5 Å². The van der Waals surface area contributed by atoms with Gasteiger partial charge in [0.2, 0.25) is 0 Å². The summed E-state index contributed by atoms with van der Waals surface area (Å²) in [4.78, 5) is 25.8. The fraction of sp³-hybridized carbons (Fsp3) is 0.118. The quantitative estimate of drug-likeness (QED) is 0.385. The van der Waals surface area contributed by atoms with Crippen molar-refractivity contribution >= 4 is 23.3 Å². The molecule has 1 aliphatic heterocycles. The molecule has 0 bridgehead atoms. The van der Waals surface area contributed by atoms with Crippen LogP contribution in [0.25, 0.3) is 0 Å². The van der Waals surface area contributed by atoms with Gasteiger partial charge in [-0.3, -0.25) is 15.0 Å². The molecule has 0 atom stereocenters. The molecule has 2 aromatic carbocycles. The van der Waals surface area contributed by atoms with E-state index >= 15 is 0 Å². The highest BCUT2D eigenvalue weighted by Crippen LogP contribution is 2.32. The number of nitrogen functional groups attached to an aromatic ring is 1. The summed E-state index contributed by atoms with van der Waals surface area (Å²) in [6.45, 7) is 1.79. The number of rotatable bonds is 2. The topological polar surface area (TPSA) is 96.5 Å². The highest BCUT2D eigenvalue weighted by atomic mass is 16.5. The van der Waals surface area contributed by atoms with Crippen LogP contribution >= 0.6 is 0 Å². The second-order valence-electron chi connectivity index (χ2n) is 5.21. The lowest BCUT2D eigenvalue weighted by Crippen LogP contribution is -2.36. The van der Waals surface area contributed by atoms with Gasteiger partial charge in [0.05, 0.1) is 23.8 Å². The van der Waals surface area contributed by atoms with Crippen molar-refractivity contribution < 1.29 is 14.3 Å². The first kappa shape index (κ1) is 14.8. The summed E-state index contributed by atoms with van der Waals surface area (Å²) in [5.41, 5.74) is 7.91. The van der Waals surface area contributed by atoms with Crippen LogP contribution in [0.15, 0.2) is 36.4 Å². The van der Waals surface area contributed by atoms with E-state index in [-0.39, 0.29) is 22.5 Å². The summed E-state index contributed by atoms with van der Waals surface area (Å²) in [7, 11) is 1.45. The number of nitrogens with two attached hydrogens (primary N) is 1. The Labute approximate surface area is 133 Å². The van der Waals surface area contributed by atoms with Crippen LogP contribution in [0.2, 0.25) is 0 Å². The normalized spacial score (nSPS) is 13.2. The maximum Gasteiger partial charge on any atom is 0.267 e. The van der Waals surface area contributed by atoms with Gasteiger partial charge in [0.1, 0.15) is 11.6 Å². The molecule has 0 aromatic heterocycles. The minimum atomic E-state index is -0.529. The summed E-state index contributed by atoms with van der Waals surface area (Å²) in [6, 6.07) is 9.91. The van der Waals surface area contributed by atoms with E-state index in [2.05, 4.69) is 0 Å². The number of nitrogens with one attached hydrogen (secondary N) is 1. The molecule has 1 aliphatic rings. The number of methoxy groups -OCH3 is 1. The fourth-order valence-corrected chi connectivity index (χ4v) is 2.62. The Hall–Kier alpha value is -3.15. The van der Waals surface area contributed by atoms with Gasteiger partial charge in [-0.25, -0.2) is 4.90 Å². The lowest BCUT2D eigenvalue weighted by molar-refractivity contribution is 0.0748. The lowest BCUT2D eigenvalue weighted by Gasteiger charge is -2.19. The third kappa shape index (κ3) is 2.07. The fourth-order valence-electron chi connectivity index (χ4n) is 2.62. The number of ether oxygens (including phenoxy) is 1. The summed E-state index contributed by atoms with van der Waals surface area (Å²) in [5, 5.41) is 8.37. The highest BCUT2D eigenvalue weighted by molar-refractivity contribution is 6.32. The molecule has 0 radical (unpaired) electrons. The van der Waals surface area contributed by atoms with Crippen molar-refractivity contribution in [3.05, 3.63) is 58.7 Å². The molecular formula is C17H15N3O3. The highest BCUT2D eigenvalue weighted by Gasteiger charge is 2.39. The molecule has 0 saturated carbocycles. The molecule has 0 saturated heterocycles. The van der Waals surface area contributed by atoms with Crippen molar-refractivity contribution in [1.82, 2.24) is 4.90 Å². The third-order valence-electron chi connectivity index (χ3n) is 3.90. The van der Waals surface area contributed by atoms with Gasteiger partial charge in [-0.1, -0.05) is 18.2 Å². The molecule has 23 heavy (non-hydrogen) atoms. The molecule has 6 nitrogen and oxygen atoms in total. The van der Waals surface area contributed by atoms with Gasteiger partial charge >= 0.3 is 0 Å². The van der Waals surface area contributed by atoms with E-state index in [1.807, 2.05) is 0 Å². The van der Waals surface area contributed by atoms with Gasteiger partial charge in [-0.05, 0) is 30.7 Å². The average molecular weight is 309 g/mol. The molecule has 0 unspecified atom stereocenters. The number of anilines is 1. The van der Waals surface area contributed by atoms with Gasteiger partial charge in [-0.15, -0.1) is 0 Å². The van der Waals surface area contributed by atoms with Crippen molar-refractivity contribution in [1.29, 1.82) is 5.41 Å². The molecule has 0 aliphatic carbocycles. The smallest absolute Gasteiger partial charge is 0.267 e. The van der Waals surface area contributed by atoms with Crippen LogP contribution in [0.1, 0.15) is 31.8 Å². The number of fused-ring (bicyclic) bond motifs is 1. The second-order valence-corrected chi connectivity index (χ2v) is 5.21. The Morgan fingerprint density at radius 3 is 2.17 bits per heavy atom. The number of aryl methyl sites for hydroxylation is 1.